The van der Waals surface area contributed by atoms with E-state index in [1.807, 2.05) is 32.0 Å². The molecule has 8 rings (SSSR count). The van der Waals surface area contributed by atoms with E-state index >= 15 is 0 Å². The van der Waals surface area contributed by atoms with Gasteiger partial charge in [-0.3, -0.25) is 24.4 Å². The number of nitrogens with two attached hydrogens (primary N) is 1. The number of phenolic OH excluding ortho intramolecular Hbond substituents is 1. The van der Waals surface area contributed by atoms with Crippen molar-refractivity contribution in [3.63, 3.8) is 0 Å². The van der Waals surface area contributed by atoms with Crippen LogP contribution in [0.25, 0.3) is 33.3 Å². The molecule has 2 aliphatic heterocycles. The second kappa shape index (κ2) is 16.5. The number of aromatic nitrogens is 2. The molecule has 2 aromatic heterocycles. The van der Waals surface area contributed by atoms with Gasteiger partial charge < -0.3 is 30.4 Å². The largest absolute Gasteiger partial charge is 0.508 e. The van der Waals surface area contributed by atoms with Crippen LogP contribution in [0, 0.1) is 22.2 Å². The van der Waals surface area contributed by atoms with Crippen LogP contribution in [-0.4, -0.2) is 98.8 Å². The first-order chi connectivity index (χ1) is 29.1. The lowest BCUT2D eigenvalue weighted by Gasteiger charge is -2.41. The number of hydrogen-bond acceptors (Lipinski definition) is 10. The molecule has 2 aromatic carbocycles. The molecule has 0 spiro atoms. The van der Waals surface area contributed by atoms with Crippen molar-refractivity contribution in [1.82, 2.24) is 30.2 Å². The second-order valence-electron chi connectivity index (χ2n) is 18.3. The molecule has 1 saturated heterocycles. The molecule has 2 fully saturated rings. The van der Waals surface area contributed by atoms with E-state index in [4.69, 9.17) is 20.3 Å². The van der Waals surface area contributed by atoms with Crippen LogP contribution in [0.15, 0.2) is 54.7 Å². The number of likely N-dealkylation sites (N-methyl/N-ethyl adjacent to an activating group) is 1. The number of methoxy groups -OCH3 is 1. The first-order valence-corrected chi connectivity index (χ1v) is 21.6. The number of ether oxygens (including phenoxy) is 1. The molecule has 4 aromatic rings. The average molecular weight is 836 g/mol. The minimum Gasteiger partial charge on any atom is -0.508 e. The van der Waals surface area contributed by atoms with Crippen molar-refractivity contribution < 1.29 is 34.0 Å². The van der Waals surface area contributed by atoms with Gasteiger partial charge in [-0.25, -0.2) is 4.84 Å². The van der Waals surface area contributed by atoms with Crippen LogP contribution >= 0.6 is 0 Å². The van der Waals surface area contributed by atoms with Gasteiger partial charge in [0.25, 0.3) is 5.91 Å². The highest BCUT2D eigenvalue weighted by Gasteiger charge is 2.49. The summed E-state index contributed by atoms with van der Waals surface area (Å²) in [7, 11) is 3.30. The molecule has 4 aliphatic rings. The Balaban J connectivity index is 1.25. The quantitative estimate of drug-likeness (QED) is 0.190. The third-order valence-electron chi connectivity index (χ3n) is 13.4. The van der Waals surface area contributed by atoms with Crippen molar-refractivity contribution in [2.24, 2.45) is 23.0 Å². The number of amides is 3. The summed E-state index contributed by atoms with van der Waals surface area (Å²) in [6, 6.07) is 13.3. The molecular formula is C46H59N8O7+. The third-order valence-corrected chi connectivity index (χ3v) is 13.4. The van der Waals surface area contributed by atoms with E-state index in [9.17, 15) is 24.4 Å². The summed E-state index contributed by atoms with van der Waals surface area (Å²) in [5.74, 6) is -2.09. The van der Waals surface area contributed by atoms with E-state index in [0.717, 1.165) is 51.0 Å². The van der Waals surface area contributed by atoms with Crippen molar-refractivity contribution in [2.45, 2.75) is 110 Å². The fourth-order valence-electron chi connectivity index (χ4n) is 10.2. The Labute approximate surface area is 356 Å². The SMILES string of the molecule is CCn1c2c3c4cc(ccc41)-c1cc(O)cc(c1)C[C@H](NC(=O)[C@H](C(C)C)N(C)C(=O)[C@H]1CC[C@H]1N)C(=O)N1CCC[C@H](N1)[N+](=O)OCC(C)(C)C3[C@H](OC)c1ncccc1-2. The van der Waals surface area contributed by atoms with Gasteiger partial charge in [-0.1, -0.05) is 39.8 Å². The molecule has 324 valence electrons. The molecule has 3 amide bonds. The monoisotopic (exact) mass is 835 g/mol. The number of rotatable bonds is 7. The Morgan fingerprint density at radius 1 is 1.15 bits per heavy atom. The molecule has 15 nitrogen and oxygen atoms in total. The van der Waals surface area contributed by atoms with Gasteiger partial charge in [0.1, 0.15) is 23.9 Å². The third kappa shape index (κ3) is 7.54. The zero-order valence-electron chi connectivity index (χ0n) is 36.2. The van der Waals surface area contributed by atoms with Gasteiger partial charge in [-0.2, -0.15) is 5.43 Å². The van der Waals surface area contributed by atoms with E-state index in [-0.39, 0.29) is 55.0 Å². The van der Waals surface area contributed by atoms with Crippen LogP contribution in [0.5, 0.6) is 5.75 Å². The molecule has 2 aliphatic carbocycles. The van der Waals surface area contributed by atoms with Gasteiger partial charge in [-0.15, -0.1) is 0 Å². The zero-order chi connectivity index (χ0) is 43.5. The van der Waals surface area contributed by atoms with Crippen molar-refractivity contribution in [3.8, 4) is 28.1 Å². The summed E-state index contributed by atoms with van der Waals surface area (Å²) in [6.45, 7) is 11.0. The summed E-state index contributed by atoms with van der Waals surface area (Å²) in [4.78, 5) is 69.4. The molecule has 1 unspecified atom stereocenters. The van der Waals surface area contributed by atoms with Gasteiger partial charge >= 0.3 is 6.17 Å². The number of phenols is 1. The normalized spacial score (nSPS) is 25.2. The number of aryl methyl sites for hydroxylation is 1. The number of hydrogen-bond donors (Lipinski definition) is 4. The molecule has 1 saturated carbocycles. The summed E-state index contributed by atoms with van der Waals surface area (Å²) in [5.41, 5.74) is 15.7. The minimum absolute atomic E-state index is 0.00340. The molecule has 0 radical (unpaired) electrons. The van der Waals surface area contributed by atoms with Crippen LogP contribution in [0.2, 0.25) is 0 Å². The predicted octanol–water partition coefficient (Wildman–Crippen LogP) is 5.33. The Morgan fingerprint density at radius 2 is 1.93 bits per heavy atom. The Kier molecular flexibility index (Phi) is 11.4. The summed E-state index contributed by atoms with van der Waals surface area (Å²) in [5, 5.41) is 16.7. The Morgan fingerprint density at radius 3 is 2.62 bits per heavy atom. The van der Waals surface area contributed by atoms with Crippen molar-refractivity contribution in [3.05, 3.63) is 76.5 Å². The van der Waals surface area contributed by atoms with Gasteiger partial charge in [0, 0.05) is 80.1 Å². The zero-order valence-corrected chi connectivity index (χ0v) is 36.2. The Bertz CT molecular complexity index is 2380. The van der Waals surface area contributed by atoms with E-state index in [1.165, 1.54) is 9.91 Å². The predicted molar refractivity (Wildman–Crippen MR) is 229 cm³/mol. The highest BCUT2D eigenvalue weighted by molar-refractivity contribution is 5.97. The molecule has 7 atom stereocenters. The molecule has 5 N–H and O–H groups in total. The second-order valence-corrected chi connectivity index (χ2v) is 18.3. The number of pyridine rings is 1. The maximum Gasteiger partial charge on any atom is 0.326 e. The van der Waals surface area contributed by atoms with Gasteiger partial charge in [0.05, 0.1) is 22.2 Å². The first kappa shape index (κ1) is 42.3. The highest BCUT2D eigenvalue weighted by atomic mass is 16.8. The number of nitrogens with zero attached hydrogens (tertiary/aromatic N) is 5. The van der Waals surface area contributed by atoms with Crippen LogP contribution in [0.4, 0.5) is 0 Å². The van der Waals surface area contributed by atoms with Gasteiger partial charge in [0.2, 0.25) is 16.7 Å². The number of hydrazine groups is 1. The number of nitrogens with one attached hydrogen (secondary N) is 2. The van der Waals surface area contributed by atoms with Crippen molar-refractivity contribution >= 4 is 28.6 Å². The smallest absolute Gasteiger partial charge is 0.326 e. The number of fused-ring (bicyclic) bond motifs is 8. The molecule has 15 heteroatoms. The average Bonchev–Trinajstić information content (AvgIpc) is 3.56. The number of carbonyl (C=O) groups is 3. The fraction of sp³-hybridized carbons (Fsp3) is 0.522. The first-order valence-electron chi connectivity index (χ1n) is 21.6. The number of carbonyl (C=O) groups excluding carboxylic acids is 3. The molecule has 4 heterocycles. The lowest BCUT2D eigenvalue weighted by molar-refractivity contribution is -0.835. The topological polar surface area (TPSA) is 184 Å². The number of benzene rings is 2. The van der Waals surface area contributed by atoms with Gasteiger partial charge in [0.15, 0.2) is 6.61 Å². The van der Waals surface area contributed by atoms with E-state index in [1.54, 1.807) is 32.5 Å². The summed E-state index contributed by atoms with van der Waals surface area (Å²) >= 11 is 0. The molecular weight excluding hydrogens is 777 g/mol. The Hall–Kier alpha value is -5.38. The lowest BCUT2D eigenvalue weighted by atomic mass is 9.67. The minimum atomic E-state index is -1.13. The number of aromatic hydroxyl groups is 1. The summed E-state index contributed by atoms with van der Waals surface area (Å²) in [6.07, 6.45) is 2.75. The van der Waals surface area contributed by atoms with Gasteiger partial charge in [-0.05, 0) is 90.8 Å². The molecule has 61 heavy (non-hydrogen) atoms. The van der Waals surface area contributed by atoms with Crippen LogP contribution < -0.4 is 16.5 Å². The lowest BCUT2D eigenvalue weighted by Crippen LogP contribution is -2.62. The standard InChI is InChI=1S/C46H58N8O7/c1-8-52-35-16-13-27-23-32(35)37-38(42(60-7)39-31(41(37)52)11-9-17-48-39)46(4,5)24-61-54(59)36-12-10-18-53(50-36)45(58)34(21-26-19-28(27)22-29(55)20-26)49-43(56)40(25(2)3)51(6)44(57)30-14-15-33(30)47/h9,11,13,16-17,19-20,22-23,25,30,33-34,36,38,40,42,50H,8,10,12,14-15,18,21,24,47H2,1-7H3,(H-,49,55,56)/p+1/t30-,33+,34-,36+,38?,40-,42-/m0/s1. The highest BCUT2D eigenvalue weighted by Crippen LogP contribution is 2.57. The van der Waals surface area contributed by atoms with E-state index < -0.39 is 41.6 Å². The van der Waals surface area contributed by atoms with Crippen LogP contribution in [0.1, 0.15) is 89.1 Å². The summed E-state index contributed by atoms with van der Waals surface area (Å²) < 4.78 is 8.63. The van der Waals surface area contributed by atoms with Crippen molar-refractivity contribution in [2.75, 3.05) is 27.3 Å². The van der Waals surface area contributed by atoms with Crippen LogP contribution in [-0.2, 0) is 36.9 Å². The fourth-order valence-corrected chi connectivity index (χ4v) is 10.2. The van der Waals surface area contributed by atoms with E-state index in [0.29, 0.717) is 36.3 Å². The van der Waals surface area contributed by atoms with Crippen molar-refractivity contribution in [1.29, 1.82) is 0 Å². The van der Waals surface area contributed by atoms with Crippen LogP contribution in [0.3, 0.4) is 0 Å². The molecule has 6 bridgehead atoms. The maximum absolute atomic E-state index is 14.6. The maximum atomic E-state index is 14.6. The van der Waals surface area contributed by atoms with E-state index in [2.05, 4.69) is 54.3 Å².